The number of amides is 1. The fourth-order valence-corrected chi connectivity index (χ4v) is 4.26. The summed E-state index contributed by atoms with van der Waals surface area (Å²) >= 11 is 5.22. The minimum Gasteiger partial charge on any atom is -0.438 e. The summed E-state index contributed by atoms with van der Waals surface area (Å²) in [5.41, 5.74) is 5.09. The first kappa shape index (κ1) is 20.2. The zero-order chi connectivity index (χ0) is 20.5. The van der Waals surface area contributed by atoms with E-state index in [1.54, 1.807) is 4.90 Å². The van der Waals surface area contributed by atoms with E-state index in [1.165, 1.54) is 22.5 Å². The third kappa shape index (κ3) is 4.13. The van der Waals surface area contributed by atoms with E-state index in [0.29, 0.717) is 0 Å². The quantitative estimate of drug-likeness (QED) is 0.705. The van der Waals surface area contributed by atoms with E-state index in [4.69, 9.17) is 22.4 Å². The fourth-order valence-electron chi connectivity index (χ4n) is 2.64. The molecule has 3 rings (SSSR count). The smallest absolute Gasteiger partial charge is 0.284 e. The molecule has 0 unspecified atom stereocenters. The van der Waals surface area contributed by atoms with Gasteiger partial charge in [-0.05, 0) is 36.5 Å². The molecule has 12 heteroatoms. The molecule has 0 spiro atoms. The molecule has 1 aromatic carbocycles. The number of hydrogen-bond acceptors (Lipinski definition) is 5. The van der Waals surface area contributed by atoms with Crippen LogP contribution in [0.5, 0.6) is 0 Å². The molecule has 1 saturated heterocycles. The van der Waals surface area contributed by atoms with Crippen molar-refractivity contribution in [1.82, 2.24) is 9.21 Å². The van der Waals surface area contributed by atoms with Crippen LogP contribution in [0.25, 0.3) is 0 Å². The van der Waals surface area contributed by atoms with Crippen molar-refractivity contribution < 1.29 is 26.4 Å². The van der Waals surface area contributed by atoms with Gasteiger partial charge in [-0.2, -0.15) is 4.31 Å². The second kappa shape index (κ2) is 7.81. The van der Waals surface area contributed by atoms with Crippen molar-refractivity contribution in [3.8, 4) is 0 Å². The number of furan rings is 1. The lowest BCUT2D eigenvalue weighted by Gasteiger charge is -2.35. The van der Waals surface area contributed by atoms with Crippen molar-refractivity contribution in [3.63, 3.8) is 0 Å². The number of nitrogens with two attached hydrogens (primary N) is 1. The molecule has 8 nitrogen and oxygen atoms in total. The van der Waals surface area contributed by atoms with E-state index in [-0.39, 0.29) is 47.8 Å². The molecule has 1 aromatic heterocycles. The number of hydrogen-bond donors (Lipinski definition) is 2. The zero-order valence-corrected chi connectivity index (χ0v) is 16.0. The van der Waals surface area contributed by atoms with Crippen LogP contribution in [0.2, 0.25) is 0 Å². The van der Waals surface area contributed by atoms with Crippen molar-refractivity contribution in [2.24, 2.45) is 5.73 Å². The third-order valence-corrected chi connectivity index (χ3v) is 6.25. The summed E-state index contributed by atoms with van der Waals surface area (Å²) in [6.07, 6.45) is 0. The van der Waals surface area contributed by atoms with E-state index in [1.807, 2.05) is 0 Å². The number of rotatable bonds is 4. The first-order valence-electron chi connectivity index (χ1n) is 8.09. The minimum atomic E-state index is -3.93. The van der Waals surface area contributed by atoms with Gasteiger partial charge in [-0.25, -0.2) is 17.2 Å². The number of sulfonamides is 1. The van der Waals surface area contributed by atoms with Gasteiger partial charge in [-0.1, -0.05) is 0 Å². The molecule has 0 bridgehead atoms. The Balaban J connectivity index is 1.63. The highest BCUT2D eigenvalue weighted by Gasteiger charge is 2.32. The van der Waals surface area contributed by atoms with Crippen LogP contribution in [-0.4, -0.2) is 54.8 Å². The average Bonchev–Trinajstić information content (AvgIpc) is 3.15. The third-order valence-electron chi connectivity index (χ3n) is 4.12. The Morgan fingerprint density at radius 2 is 1.82 bits per heavy atom. The maximum Gasteiger partial charge on any atom is 0.284 e. The van der Waals surface area contributed by atoms with Gasteiger partial charge in [0.25, 0.3) is 15.9 Å². The topological polar surface area (TPSA) is 109 Å². The normalized spacial score (nSPS) is 15.4. The first-order chi connectivity index (χ1) is 13.2. The van der Waals surface area contributed by atoms with Gasteiger partial charge in [0.15, 0.2) is 10.9 Å². The van der Waals surface area contributed by atoms with Crippen molar-refractivity contribution in [2.75, 3.05) is 31.5 Å². The molecule has 0 aliphatic carbocycles. The number of halogens is 2. The van der Waals surface area contributed by atoms with Gasteiger partial charge < -0.3 is 20.4 Å². The van der Waals surface area contributed by atoms with Gasteiger partial charge in [-0.3, -0.25) is 4.79 Å². The zero-order valence-electron chi connectivity index (χ0n) is 14.4. The molecule has 1 amide bonds. The maximum absolute atomic E-state index is 13.7. The molecule has 1 fully saturated rings. The number of anilines is 1. The van der Waals surface area contributed by atoms with Gasteiger partial charge >= 0.3 is 0 Å². The molecule has 0 atom stereocenters. The number of nitrogens with zero attached hydrogens (tertiary/aromatic N) is 2. The molecule has 2 aromatic rings. The van der Waals surface area contributed by atoms with E-state index in [2.05, 4.69) is 5.32 Å². The van der Waals surface area contributed by atoms with E-state index < -0.39 is 27.6 Å². The number of benzene rings is 1. The molecule has 150 valence electrons. The second-order valence-corrected chi connectivity index (χ2v) is 8.18. The number of thiocarbonyl (C=S) groups is 1. The highest BCUT2D eigenvalue weighted by atomic mass is 32.2. The largest absolute Gasteiger partial charge is 0.438 e. The minimum absolute atomic E-state index is 0.0241. The van der Waals surface area contributed by atoms with Gasteiger partial charge in [0.05, 0.1) is 5.69 Å². The lowest BCUT2D eigenvalue weighted by atomic mass is 10.3. The molecule has 0 saturated carbocycles. The second-order valence-electron chi connectivity index (χ2n) is 5.93. The van der Waals surface area contributed by atoms with Gasteiger partial charge in [-0.15, -0.1) is 0 Å². The van der Waals surface area contributed by atoms with Crippen molar-refractivity contribution in [3.05, 3.63) is 47.7 Å². The summed E-state index contributed by atoms with van der Waals surface area (Å²) < 4.78 is 58.1. The summed E-state index contributed by atoms with van der Waals surface area (Å²) in [7, 11) is -3.93. The molecular formula is C16H16F2N4O4S2. The average molecular weight is 430 g/mol. The summed E-state index contributed by atoms with van der Waals surface area (Å²) in [5, 5.41) is 2.51. The standard InChI is InChI=1S/C16H16F2N4O4S2/c17-10-1-2-12(11(18)9-10)20-16(27)21-5-7-22(8-6-21)28(24,25)14-4-3-13(26-14)15(19)23/h1-4,9H,5-8H2,(H2,19,23)(H,20,27). The Labute approximate surface area is 164 Å². The predicted octanol–water partition coefficient (Wildman–Crippen LogP) is 1.36. The highest BCUT2D eigenvalue weighted by molar-refractivity contribution is 7.89. The van der Waals surface area contributed by atoms with E-state index in [0.717, 1.165) is 12.1 Å². The van der Waals surface area contributed by atoms with Crippen LogP contribution in [0.1, 0.15) is 10.6 Å². The van der Waals surface area contributed by atoms with Crippen LogP contribution in [0, 0.1) is 11.6 Å². The summed E-state index contributed by atoms with van der Waals surface area (Å²) in [6.45, 7) is 0.694. The van der Waals surface area contributed by atoms with Crippen molar-refractivity contribution >= 4 is 38.9 Å². The predicted molar refractivity (Wildman–Crippen MR) is 100 cm³/mol. The van der Waals surface area contributed by atoms with Crippen LogP contribution >= 0.6 is 12.2 Å². The SMILES string of the molecule is NC(=O)c1ccc(S(=O)(=O)N2CCN(C(=S)Nc3ccc(F)cc3F)CC2)o1. The monoisotopic (exact) mass is 430 g/mol. The molecule has 2 heterocycles. The molecule has 0 radical (unpaired) electrons. The van der Waals surface area contributed by atoms with Crippen LogP contribution in [0.3, 0.4) is 0 Å². The van der Waals surface area contributed by atoms with Gasteiger partial charge in [0, 0.05) is 32.2 Å². The molecule has 1 aliphatic heterocycles. The van der Waals surface area contributed by atoms with Crippen LogP contribution in [0.15, 0.2) is 39.8 Å². The fraction of sp³-hybridized carbons (Fsp3) is 0.250. The summed E-state index contributed by atoms with van der Waals surface area (Å²) in [6, 6.07) is 5.43. The van der Waals surface area contributed by atoms with E-state index >= 15 is 0 Å². The number of carbonyl (C=O) groups is 1. The van der Waals surface area contributed by atoms with Crippen LogP contribution in [-0.2, 0) is 10.0 Å². The summed E-state index contributed by atoms with van der Waals surface area (Å²) in [4.78, 5) is 12.7. The highest BCUT2D eigenvalue weighted by Crippen LogP contribution is 2.21. The number of piperazine rings is 1. The number of primary amides is 1. The Bertz CT molecular complexity index is 1020. The Hall–Kier alpha value is -2.57. The lowest BCUT2D eigenvalue weighted by Crippen LogP contribution is -2.51. The Morgan fingerprint density at radius 3 is 2.39 bits per heavy atom. The first-order valence-corrected chi connectivity index (χ1v) is 9.94. The van der Waals surface area contributed by atoms with Gasteiger partial charge in [0.2, 0.25) is 5.09 Å². The number of carbonyl (C=O) groups excluding carboxylic acids is 1. The Kier molecular flexibility index (Phi) is 5.63. The number of nitrogens with one attached hydrogen (secondary N) is 1. The van der Waals surface area contributed by atoms with Gasteiger partial charge in [0.1, 0.15) is 11.6 Å². The van der Waals surface area contributed by atoms with Crippen LogP contribution in [0.4, 0.5) is 14.5 Å². The maximum atomic E-state index is 13.7. The van der Waals surface area contributed by atoms with Crippen molar-refractivity contribution in [1.29, 1.82) is 0 Å². The molecule has 28 heavy (non-hydrogen) atoms. The Morgan fingerprint density at radius 1 is 1.14 bits per heavy atom. The lowest BCUT2D eigenvalue weighted by molar-refractivity contribution is 0.0968. The van der Waals surface area contributed by atoms with Crippen LogP contribution < -0.4 is 11.1 Å². The molecule has 1 aliphatic rings. The summed E-state index contributed by atoms with van der Waals surface area (Å²) in [5.74, 6) is -2.60. The molecule has 3 N–H and O–H groups in total. The van der Waals surface area contributed by atoms with Crippen molar-refractivity contribution in [2.45, 2.75) is 5.09 Å². The van der Waals surface area contributed by atoms with E-state index in [9.17, 15) is 22.0 Å². The molecular weight excluding hydrogens is 414 g/mol.